The summed E-state index contributed by atoms with van der Waals surface area (Å²) in [5, 5.41) is 10.7. The van der Waals surface area contributed by atoms with Gasteiger partial charge in [0.05, 0.1) is 12.2 Å². The van der Waals surface area contributed by atoms with Crippen molar-refractivity contribution in [2.24, 2.45) is 0 Å². The predicted octanol–water partition coefficient (Wildman–Crippen LogP) is 4.36. The molecule has 0 amide bonds. The van der Waals surface area contributed by atoms with Gasteiger partial charge in [-0.2, -0.15) is 11.3 Å². The van der Waals surface area contributed by atoms with E-state index < -0.39 is 10.8 Å². The molecule has 2 heterocycles. The summed E-state index contributed by atoms with van der Waals surface area (Å²) in [4.78, 5) is 4.65. The molecule has 0 spiro atoms. The monoisotopic (exact) mass is 348 g/mol. The first-order chi connectivity index (χ1) is 10.7. The molecule has 114 valence electrons. The van der Waals surface area contributed by atoms with Crippen LogP contribution in [0.5, 0.6) is 0 Å². The van der Waals surface area contributed by atoms with E-state index in [-0.39, 0.29) is 0 Å². The van der Waals surface area contributed by atoms with Crippen LogP contribution in [0.15, 0.2) is 46.5 Å². The first kappa shape index (κ1) is 15.4. The van der Waals surface area contributed by atoms with Crippen molar-refractivity contribution in [2.75, 3.05) is 11.6 Å². The summed E-state index contributed by atoms with van der Waals surface area (Å²) >= 11 is 3.36. The zero-order valence-corrected chi connectivity index (χ0v) is 14.6. The fourth-order valence-electron chi connectivity index (χ4n) is 2.11. The van der Waals surface area contributed by atoms with E-state index >= 15 is 0 Å². The van der Waals surface area contributed by atoms with Crippen molar-refractivity contribution in [3.63, 3.8) is 0 Å². The lowest BCUT2D eigenvalue weighted by Gasteiger charge is -2.06. The molecule has 6 heteroatoms. The van der Waals surface area contributed by atoms with E-state index in [1.807, 2.05) is 24.3 Å². The summed E-state index contributed by atoms with van der Waals surface area (Å²) in [5.74, 6) is 0.592. The van der Waals surface area contributed by atoms with Gasteiger partial charge in [0.25, 0.3) is 0 Å². The van der Waals surface area contributed by atoms with Gasteiger partial charge in [0.2, 0.25) is 0 Å². The quantitative estimate of drug-likeness (QED) is 0.719. The van der Waals surface area contributed by atoms with Gasteiger partial charge in [-0.3, -0.25) is 4.21 Å². The zero-order chi connectivity index (χ0) is 15.4. The Kier molecular flexibility index (Phi) is 5.02. The van der Waals surface area contributed by atoms with Crippen molar-refractivity contribution in [3.8, 4) is 10.6 Å². The normalized spacial score (nSPS) is 12.2. The third-order valence-corrected chi connectivity index (χ3v) is 5.45. The molecule has 22 heavy (non-hydrogen) atoms. The Labute approximate surface area is 140 Å². The number of benzene rings is 1. The van der Waals surface area contributed by atoms with Gasteiger partial charge < -0.3 is 5.32 Å². The van der Waals surface area contributed by atoms with E-state index in [0.29, 0.717) is 12.3 Å². The fraction of sp³-hybridized carbons (Fsp3) is 0.188. The van der Waals surface area contributed by atoms with Gasteiger partial charge in [-0.25, -0.2) is 4.98 Å². The molecular weight excluding hydrogens is 332 g/mol. The average Bonchev–Trinajstić information content (AvgIpc) is 3.16. The van der Waals surface area contributed by atoms with E-state index in [4.69, 9.17) is 0 Å². The summed E-state index contributed by atoms with van der Waals surface area (Å²) in [6.07, 6.45) is 1.72. The second-order valence-electron chi connectivity index (χ2n) is 4.93. The molecule has 0 fully saturated rings. The highest BCUT2D eigenvalue weighted by Gasteiger charge is 2.05. The molecular formula is C16H16N2OS3. The van der Waals surface area contributed by atoms with Crippen LogP contribution in [-0.2, 0) is 23.1 Å². The minimum atomic E-state index is -0.816. The number of thiazole rings is 1. The molecule has 3 rings (SSSR count). The maximum atomic E-state index is 11.3. The van der Waals surface area contributed by atoms with Crippen LogP contribution in [0.4, 0.5) is 5.69 Å². The number of thiophene rings is 1. The van der Waals surface area contributed by atoms with Crippen molar-refractivity contribution >= 4 is 39.2 Å². The van der Waals surface area contributed by atoms with E-state index in [1.165, 1.54) is 5.56 Å². The van der Waals surface area contributed by atoms with Crippen LogP contribution >= 0.6 is 22.7 Å². The summed E-state index contributed by atoms with van der Waals surface area (Å²) in [6.45, 7) is 0.694. The minimum Gasteiger partial charge on any atom is -0.379 e. The maximum absolute atomic E-state index is 11.3. The third kappa shape index (κ3) is 4.03. The van der Waals surface area contributed by atoms with Crippen molar-refractivity contribution in [3.05, 3.63) is 57.7 Å². The van der Waals surface area contributed by atoms with E-state index in [9.17, 15) is 4.21 Å². The van der Waals surface area contributed by atoms with Gasteiger partial charge in [-0.05, 0) is 29.1 Å². The summed E-state index contributed by atoms with van der Waals surface area (Å²) in [5.41, 5.74) is 4.35. The second-order valence-corrected chi connectivity index (χ2v) is 8.00. The molecule has 0 bridgehead atoms. The molecule has 0 saturated carbocycles. The highest BCUT2D eigenvalue weighted by Crippen LogP contribution is 2.26. The smallest absolute Gasteiger partial charge is 0.124 e. The van der Waals surface area contributed by atoms with E-state index in [1.54, 1.807) is 28.9 Å². The lowest BCUT2D eigenvalue weighted by Crippen LogP contribution is -2.01. The highest BCUT2D eigenvalue weighted by atomic mass is 32.2. The molecule has 3 aromatic rings. The van der Waals surface area contributed by atoms with Gasteiger partial charge in [-0.15, -0.1) is 11.3 Å². The first-order valence-corrected chi connectivity index (χ1v) is 10.4. The first-order valence-electron chi connectivity index (χ1n) is 6.80. The number of nitrogens with one attached hydrogen (secondary N) is 1. The SMILES string of the molecule is C[S@@](=O)Cc1cccc(NCc2csc(-c3ccsc3)n2)c1. The molecule has 2 aromatic heterocycles. The molecule has 0 aliphatic heterocycles. The van der Waals surface area contributed by atoms with Crippen LogP contribution in [0.25, 0.3) is 10.6 Å². The van der Waals surface area contributed by atoms with Gasteiger partial charge in [0.15, 0.2) is 0 Å². The van der Waals surface area contributed by atoms with Gasteiger partial charge in [-0.1, -0.05) is 12.1 Å². The lowest BCUT2D eigenvalue weighted by molar-refractivity contribution is 0.686. The number of aromatic nitrogens is 1. The van der Waals surface area contributed by atoms with Crippen molar-refractivity contribution in [2.45, 2.75) is 12.3 Å². The Morgan fingerprint density at radius 1 is 1.27 bits per heavy atom. The van der Waals surface area contributed by atoms with Crippen molar-refractivity contribution < 1.29 is 4.21 Å². The number of hydrogen-bond acceptors (Lipinski definition) is 5. The number of hydrogen-bond donors (Lipinski definition) is 1. The highest BCUT2D eigenvalue weighted by molar-refractivity contribution is 7.83. The van der Waals surface area contributed by atoms with Crippen LogP contribution in [-0.4, -0.2) is 15.4 Å². The Morgan fingerprint density at radius 3 is 2.95 bits per heavy atom. The zero-order valence-electron chi connectivity index (χ0n) is 12.1. The largest absolute Gasteiger partial charge is 0.379 e. The van der Waals surface area contributed by atoms with Crippen molar-refractivity contribution in [1.82, 2.24) is 4.98 Å². The number of rotatable bonds is 6. The summed E-state index contributed by atoms with van der Waals surface area (Å²) < 4.78 is 11.3. The van der Waals surface area contributed by atoms with Gasteiger partial charge >= 0.3 is 0 Å². The van der Waals surface area contributed by atoms with Gasteiger partial charge in [0.1, 0.15) is 5.01 Å². The molecule has 0 aliphatic rings. The third-order valence-electron chi connectivity index (χ3n) is 3.09. The fourth-order valence-corrected chi connectivity index (χ4v) is 4.29. The predicted molar refractivity (Wildman–Crippen MR) is 97.0 cm³/mol. The van der Waals surface area contributed by atoms with Crippen LogP contribution in [0, 0.1) is 0 Å². The van der Waals surface area contributed by atoms with Crippen molar-refractivity contribution in [1.29, 1.82) is 0 Å². The molecule has 3 nitrogen and oxygen atoms in total. The Bertz CT molecular complexity index is 765. The second kappa shape index (κ2) is 7.17. The Hall–Kier alpha value is -1.50. The van der Waals surface area contributed by atoms with Gasteiger partial charge in [0, 0.05) is 44.8 Å². The molecule has 1 aromatic carbocycles. The molecule has 0 unspecified atom stereocenters. The molecule has 0 radical (unpaired) electrons. The molecule has 0 aliphatic carbocycles. The number of nitrogens with zero attached hydrogens (tertiary/aromatic N) is 1. The maximum Gasteiger partial charge on any atom is 0.124 e. The Balaban J connectivity index is 1.64. The van der Waals surface area contributed by atoms with Crippen LogP contribution in [0.3, 0.4) is 0 Å². The molecule has 0 saturated heterocycles. The van der Waals surface area contributed by atoms with Crippen LogP contribution < -0.4 is 5.32 Å². The Morgan fingerprint density at radius 2 is 2.18 bits per heavy atom. The molecule has 1 atom stereocenters. The lowest BCUT2D eigenvalue weighted by atomic mass is 10.2. The standard InChI is InChI=1S/C16H16N2OS3/c1-22(19)11-12-3-2-4-14(7-12)17-8-15-10-21-16(18-15)13-5-6-20-9-13/h2-7,9-10,17H,8,11H2,1H3/t22-/m1/s1. The average molecular weight is 349 g/mol. The molecule has 1 N–H and O–H groups in total. The summed E-state index contributed by atoms with van der Waals surface area (Å²) in [7, 11) is -0.816. The summed E-state index contributed by atoms with van der Waals surface area (Å²) in [6, 6.07) is 10.2. The minimum absolute atomic E-state index is 0.592. The topological polar surface area (TPSA) is 42.0 Å². The van der Waals surface area contributed by atoms with E-state index in [0.717, 1.165) is 22.0 Å². The van der Waals surface area contributed by atoms with Crippen LogP contribution in [0.1, 0.15) is 11.3 Å². The van der Waals surface area contributed by atoms with E-state index in [2.05, 4.69) is 32.5 Å². The van der Waals surface area contributed by atoms with Crippen LogP contribution in [0.2, 0.25) is 0 Å². The number of anilines is 1.